The van der Waals surface area contributed by atoms with Gasteiger partial charge in [0.2, 0.25) is 11.8 Å². The summed E-state index contributed by atoms with van der Waals surface area (Å²) < 4.78 is 5.45. The van der Waals surface area contributed by atoms with Crippen molar-refractivity contribution in [2.45, 2.75) is 64.9 Å². The molecule has 1 aromatic rings. The maximum atomic E-state index is 12.2. The predicted octanol–water partition coefficient (Wildman–Crippen LogP) is 3.57. The molecule has 2 fully saturated rings. The van der Waals surface area contributed by atoms with Crippen LogP contribution in [0.5, 0.6) is 0 Å². The fraction of sp³-hybridized carbons (Fsp3) is 0.609. The molecule has 2 heterocycles. The highest BCUT2D eigenvalue weighted by molar-refractivity contribution is 6.01. The highest BCUT2D eigenvalue weighted by atomic mass is 16.6. The molecular weight excluding hydrogens is 382 g/mol. The van der Waals surface area contributed by atoms with Crippen molar-refractivity contribution in [2.24, 2.45) is 5.92 Å². The second kappa shape index (κ2) is 9.06. The zero-order valence-corrected chi connectivity index (χ0v) is 18.4. The lowest BCUT2D eigenvalue weighted by Gasteiger charge is -2.33. The van der Waals surface area contributed by atoms with E-state index < -0.39 is 5.60 Å². The van der Waals surface area contributed by atoms with Crippen LogP contribution in [-0.4, -0.2) is 48.0 Å². The van der Waals surface area contributed by atoms with E-state index in [9.17, 15) is 14.4 Å². The SMILES string of the molecule is Cc1cc(NCC2CCN(C(=O)OC(C)(C)C)CC2)ccc1C1CCC(=O)NC1=O. The van der Waals surface area contributed by atoms with Crippen LogP contribution >= 0.6 is 0 Å². The van der Waals surface area contributed by atoms with Crippen LogP contribution < -0.4 is 10.6 Å². The van der Waals surface area contributed by atoms with Crippen LogP contribution in [0.1, 0.15) is 63.5 Å². The van der Waals surface area contributed by atoms with Gasteiger partial charge in [-0.2, -0.15) is 0 Å². The molecule has 0 bridgehead atoms. The number of imide groups is 1. The summed E-state index contributed by atoms with van der Waals surface area (Å²) in [7, 11) is 0. The van der Waals surface area contributed by atoms with Crippen molar-refractivity contribution < 1.29 is 19.1 Å². The summed E-state index contributed by atoms with van der Waals surface area (Å²) in [6.07, 6.45) is 2.61. The maximum absolute atomic E-state index is 12.2. The number of ether oxygens (including phenoxy) is 1. The summed E-state index contributed by atoms with van der Waals surface area (Å²) in [6, 6.07) is 6.06. The number of carbonyl (C=O) groups excluding carboxylic acids is 3. The van der Waals surface area contributed by atoms with Gasteiger partial charge in [0, 0.05) is 31.7 Å². The first-order chi connectivity index (χ1) is 14.1. The number of piperidine rings is 2. The number of amides is 3. The van der Waals surface area contributed by atoms with Crippen LogP contribution in [-0.2, 0) is 14.3 Å². The third kappa shape index (κ3) is 5.74. The number of anilines is 1. The molecule has 2 aliphatic heterocycles. The number of nitrogens with zero attached hydrogens (tertiary/aromatic N) is 1. The van der Waals surface area contributed by atoms with Gasteiger partial charge in [-0.25, -0.2) is 4.79 Å². The minimum Gasteiger partial charge on any atom is -0.444 e. The number of hydrogen-bond donors (Lipinski definition) is 2. The van der Waals surface area contributed by atoms with Crippen molar-refractivity contribution >= 4 is 23.6 Å². The summed E-state index contributed by atoms with van der Waals surface area (Å²) in [5.41, 5.74) is 2.59. The molecule has 1 atom stereocenters. The number of nitrogens with one attached hydrogen (secondary N) is 2. The Morgan fingerprint density at radius 3 is 2.50 bits per heavy atom. The zero-order chi connectivity index (χ0) is 21.9. The van der Waals surface area contributed by atoms with Crippen LogP contribution in [0.2, 0.25) is 0 Å². The van der Waals surface area contributed by atoms with E-state index in [1.54, 1.807) is 4.90 Å². The van der Waals surface area contributed by atoms with Crippen LogP contribution in [0.4, 0.5) is 10.5 Å². The average molecular weight is 416 g/mol. The van der Waals surface area contributed by atoms with Crippen LogP contribution in [0.3, 0.4) is 0 Å². The number of hydrogen-bond acceptors (Lipinski definition) is 5. The Kier molecular flexibility index (Phi) is 6.68. The van der Waals surface area contributed by atoms with E-state index in [0.29, 0.717) is 18.8 Å². The Labute approximate surface area is 178 Å². The molecule has 30 heavy (non-hydrogen) atoms. The molecule has 2 N–H and O–H groups in total. The Morgan fingerprint density at radius 1 is 1.20 bits per heavy atom. The van der Waals surface area contributed by atoms with Crippen LogP contribution in [0, 0.1) is 12.8 Å². The van der Waals surface area contributed by atoms with E-state index in [0.717, 1.165) is 49.3 Å². The monoisotopic (exact) mass is 415 g/mol. The average Bonchev–Trinajstić information content (AvgIpc) is 2.66. The Bertz CT molecular complexity index is 807. The lowest BCUT2D eigenvalue weighted by Crippen LogP contribution is -2.42. The molecule has 0 radical (unpaired) electrons. The fourth-order valence-corrected chi connectivity index (χ4v) is 4.08. The first-order valence-electron chi connectivity index (χ1n) is 10.8. The molecule has 1 unspecified atom stereocenters. The summed E-state index contributed by atoms with van der Waals surface area (Å²) in [5, 5.41) is 5.93. The van der Waals surface area contributed by atoms with Gasteiger partial charge in [-0.3, -0.25) is 14.9 Å². The first kappa shape index (κ1) is 22.1. The van der Waals surface area contributed by atoms with Gasteiger partial charge < -0.3 is 15.0 Å². The number of aryl methyl sites for hydroxylation is 1. The molecule has 3 rings (SSSR count). The number of benzene rings is 1. The standard InChI is InChI=1S/C23H33N3O4/c1-15-13-17(5-6-18(15)19-7-8-20(27)25-21(19)28)24-14-16-9-11-26(12-10-16)22(29)30-23(2,3)4/h5-6,13,16,19,24H,7-12,14H2,1-4H3,(H,25,27,28). The number of carbonyl (C=O) groups is 3. The zero-order valence-electron chi connectivity index (χ0n) is 18.4. The number of rotatable bonds is 4. The van der Waals surface area contributed by atoms with Crippen molar-refractivity contribution in [3.05, 3.63) is 29.3 Å². The summed E-state index contributed by atoms with van der Waals surface area (Å²) in [6.45, 7) is 9.94. The second-order valence-electron chi connectivity index (χ2n) is 9.37. The summed E-state index contributed by atoms with van der Waals surface area (Å²) in [4.78, 5) is 37.5. The molecule has 7 nitrogen and oxygen atoms in total. The summed E-state index contributed by atoms with van der Waals surface area (Å²) in [5.74, 6) is -0.149. The largest absolute Gasteiger partial charge is 0.444 e. The highest BCUT2D eigenvalue weighted by Crippen LogP contribution is 2.29. The topological polar surface area (TPSA) is 87.7 Å². The molecule has 164 valence electrons. The minimum absolute atomic E-state index is 0.190. The second-order valence-corrected chi connectivity index (χ2v) is 9.37. The maximum Gasteiger partial charge on any atom is 0.410 e. The van der Waals surface area contributed by atoms with Crippen molar-refractivity contribution in [1.82, 2.24) is 10.2 Å². The fourth-order valence-electron chi connectivity index (χ4n) is 4.08. The molecule has 3 amide bonds. The van der Waals surface area contributed by atoms with E-state index in [-0.39, 0.29) is 23.8 Å². The van der Waals surface area contributed by atoms with Crippen molar-refractivity contribution in [3.8, 4) is 0 Å². The van der Waals surface area contributed by atoms with Crippen molar-refractivity contribution in [2.75, 3.05) is 25.0 Å². The van der Waals surface area contributed by atoms with E-state index in [1.807, 2.05) is 39.8 Å². The van der Waals surface area contributed by atoms with Gasteiger partial charge in [0.25, 0.3) is 0 Å². The van der Waals surface area contributed by atoms with Crippen LogP contribution in [0.25, 0.3) is 0 Å². The smallest absolute Gasteiger partial charge is 0.410 e. The summed E-state index contributed by atoms with van der Waals surface area (Å²) >= 11 is 0. The van der Waals surface area contributed by atoms with Gasteiger partial charge in [-0.05, 0) is 76.1 Å². The molecule has 0 saturated carbocycles. The van der Waals surface area contributed by atoms with Gasteiger partial charge >= 0.3 is 6.09 Å². The van der Waals surface area contributed by atoms with E-state index in [1.165, 1.54) is 0 Å². The van der Waals surface area contributed by atoms with E-state index in [2.05, 4.69) is 16.7 Å². The predicted molar refractivity (Wildman–Crippen MR) is 115 cm³/mol. The number of likely N-dealkylation sites (tertiary alicyclic amines) is 1. The van der Waals surface area contributed by atoms with Crippen molar-refractivity contribution in [3.63, 3.8) is 0 Å². The van der Waals surface area contributed by atoms with Gasteiger partial charge in [-0.15, -0.1) is 0 Å². The molecule has 1 aromatic carbocycles. The van der Waals surface area contributed by atoms with Gasteiger partial charge in [0.15, 0.2) is 0 Å². The lowest BCUT2D eigenvalue weighted by atomic mass is 9.87. The quantitative estimate of drug-likeness (QED) is 0.734. The lowest BCUT2D eigenvalue weighted by molar-refractivity contribution is -0.134. The molecule has 2 saturated heterocycles. The third-order valence-corrected chi connectivity index (χ3v) is 5.75. The normalized spacial score (nSPS) is 20.7. The van der Waals surface area contributed by atoms with E-state index in [4.69, 9.17) is 4.74 Å². The highest BCUT2D eigenvalue weighted by Gasteiger charge is 2.29. The Balaban J connectivity index is 1.49. The van der Waals surface area contributed by atoms with Gasteiger partial charge in [-0.1, -0.05) is 6.07 Å². The van der Waals surface area contributed by atoms with Crippen LogP contribution in [0.15, 0.2) is 18.2 Å². The minimum atomic E-state index is -0.465. The van der Waals surface area contributed by atoms with E-state index >= 15 is 0 Å². The third-order valence-electron chi connectivity index (χ3n) is 5.75. The van der Waals surface area contributed by atoms with Crippen molar-refractivity contribution in [1.29, 1.82) is 0 Å². The molecule has 0 aromatic heterocycles. The first-order valence-corrected chi connectivity index (χ1v) is 10.8. The van der Waals surface area contributed by atoms with Gasteiger partial charge in [0.1, 0.15) is 5.60 Å². The molecule has 0 spiro atoms. The molecule has 7 heteroatoms. The molecule has 0 aliphatic carbocycles. The Hall–Kier alpha value is -2.57. The molecule has 2 aliphatic rings. The van der Waals surface area contributed by atoms with Gasteiger partial charge in [0.05, 0.1) is 5.92 Å². The Morgan fingerprint density at radius 2 is 1.90 bits per heavy atom. The molecular formula is C23H33N3O4.